The fraction of sp³-hybridized carbons (Fsp3) is 0.731. The van der Waals surface area contributed by atoms with Gasteiger partial charge in [0, 0.05) is 6.42 Å². The highest BCUT2D eigenvalue weighted by Crippen LogP contribution is 2.43. The third kappa shape index (κ3) is 7.84. The summed E-state index contributed by atoms with van der Waals surface area (Å²) in [5.41, 5.74) is 1.22. The highest BCUT2D eigenvalue weighted by atomic mass is 16.6. The van der Waals surface area contributed by atoms with Crippen LogP contribution in [0.1, 0.15) is 70.8 Å². The summed E-state index contributed by atoms with van der Waals surface area (Å²) >= 11 is 0. The summed E-state index contributed by atoms with van der Waals surface area (Å²) in [6, 6.07) is 10.1. The summed E-state index contributed by atoms with van der Waals surface area (Å²) in [6.07, 6.45) is 4.62. The van der Waals surface area contributed by atoms with Crippen LogP contribution < -0.4 is 0 Å². The number of aliphatic hydroxyl groups is 3. The zero-order valence-electron chi connectivity index (χ0n) is 19.4. The Labute approximate surface area is 191 Å². The molecule has 1 heterocycles. The fourth-order valence-electron chi connectivity index (χ4n) is 5.09. The molecule has 32 heavy (non-hydrogen) atoms. The second-order valence-electron chi connectivity index (χ2n) is 9.83. The third-order valence-electron chi connectivity index (χ3n) is 6.89. The van der Waals surface area contributed by atoms with Crippen LogP contribution in [0.15, 0.2) is 30.3 Å². The number of aryl methyl sites for hydroxylation is 1. The molecule has 1 aromatic carbocycles. The number of carbonyl (C=O) groups is 1. The minimum absolute atomic E-state index is 0.00719. The van der Waals surface area contributed by atoms with Gasteiger partial charge in [-0.05, 0) is 82.6 Å². The molecule has 2 aliphatic rings. The van der Waals surface area contributed by atoms with Crippen molar-refractivity contribution in [1.29, 1.82) is 0 Å². The predicted octanol–water partition coefficient (Wildman–Crippen LogP) is 3.40. The number of hydrogen-bond acceptors (Lipinski definition) is 6. The molecule has 1 aliphatic carbocycles. The molecule has 0 aromatic heterocycles. The molecular weight excluding hydrogens is 408 g/mol. The van der Waals surface area contributed by atoms with Crippen LogP contribution in [0.5, 0.6) is 0 Å². The molecule has 1 saturated heterocycles. The number of esters is 1. The zero-order valence-corrected chi connectivity index (χ0v) is 19.4. The van der Waals surface area contributed by atoms with E-state index < -0.39 is 18.3 Å². The van der Waals surface area contributed by atoms with Crippen molar-refractivity contribution in [3.8, 4) is 0 Å². The van der Waals surface area contributed by atoms with Crippen molar-refractivity contribution in [1.82, 2.24) is 0 Å². The van der Waals surface area contributed by atoms with E-state index in [1.54, 1.807) is 0 Å². The molecule has 2 fully saturated rings. The summed E-state index contributed by atoms with van der Waals surface area (Å²) in [6.45, 7) is 3.69. The van der Waals surface area contributed by atoms with Crippen molar-refractivity contribution < 1.29 is 29.6 Å². The van der Waals surface area contributed by atoms with Crippen molar-refractivity contribution in [3.05, 3.63) is 35.9 Å². The fourth-order valence-corrected chi connectivity index (χ4v) is 5.09. The molecule has 3 N–H and O–H groups in total. The first-order chi connectivity index (χ1) is 15.3. The van der Waals surface area contributed by atoms with Gasteiger partial charge in [0.2, 0.25) is 0 Å². The van der Waals surface area contributed by atoms with Gasteiger partial charge in [-0.2, -0.15) is 0 Å². The first-order valence-electron chi connectivity index (χ1n) is 12.3. The third-order valence-corrected chi connectivity index (χ3v) is 6.89. The quantitative estimate of drug-likeness (QED) is 0.316. The molecule has 0 amide bonds. The standard InChI is InChI=1S/C26H40O6/c1-17(2)31-26(30)10-6-9-24-25(32-24)15-21-20(22(28)16-23(21)29)14-13-19(27)12-11-18-7-4-3-5-8-18/h3-5,7-8,17,19-25,27-29H,6,9-16H2,1-2H3/t19-,20+,21+,22+,23-,24?,25?/m0/s1. The van der Waals surface area contributed by atoms with Crippen molar-refractivity contribution in [2.45, 2.75) is 108 Å². The second-order valence-corrected chi connectivity index (χ2v) is 9.83. The van der Waals surface area contributed by atoms with Gasteiger partial charge < -0.3 is 24.8 Å². The molecule has 7 atom stereocenters. The first kappa shape index (κ1) is 25.2. The van der Waals surface area contributed by atoms with Gasteiger partial charge in [-0.3, -0.25) is 4.79 Å². The Kier molecular flexibility index (Phi) is 9.53. The molecule has 0 bridgehead atoms. The van der Waals surface area contributed by atoms with Crippen molar-refractivity contribution in [3.63, 3.8) is 0 Å². The largest absolute Gasteiger partial charge is 0.463 e. The number of carbonyl (C=O) groups excluding carboxylic acids is 1. The number of aliphatic hydroxyl groups excluding tert-OH is 3. The van der Waals surface area contributed by atoms with Crippen LogP contribution in [0.3, 0.4) is 0 Å². The van der Waals surface area contributed by atoms with Gasteiger partial charge in [-0.25, -0.2) is 0 Å². The van der Waals surface area contributed by atoms with Crippen LogP contribution >= 0.6 is 0 Å². The highest BCUT2D eigenvalue weighted by Gasteiger charge is 2.47. The van der Waals surface area contributed by atoms with E-state index in [2.05, 4.69) is 12.1 Å². The predicted molar refractivity (Wildman–Crippen MR) is 122 cm³/mol. The lowest BCUT2D eigenvalue weighted by Gasteiger charge is -2.24. The number of rotatable bonds is 13. The van der Waals surface area contributed by atoms with Gasteiger partial charge in [0.1, 0.15) is 0 Å². The number of hydrogen-bond donors (Lipinski definition) is 3. The normalized spacial score (nSPS) is 30.4. The van der Waals surface area contributed by atoms with Gasteiger partial charge in [0.05, 0.1) is 36.6 Å². The van der Waals surface area contributed by atoms with E-state index in [1.165, 1.54) is 5.56 Å². The van der Waals surface area contributed by atoms with Crippen LogP contribution in [-0.2, 0) is 20.7 Å². The summed E-state index contributed by atoms with van der Waals surface area (Å²) < 4.78 is 10.9. The number of benzene rings is 1. The molecule has 3 rings (SSSR count). The Morgan fingerprint density at radius 2 is 1.78 bits per heavy atom. The lowest BCUT2D eigenvalue weighted by atomic mass is 9.84. The average molecular weight is 449 g/mol. The highest BCUT2D eigenvalue weighted by molar-refractivity contribution is 5.69. The Morgan fingerprint density at radius 1 is 1.06 bits per heavy atom. The van der Waals surface area contributed by atoms with Gasteiger partial charge >= 0.3 is 5.97 Å². The van der Waals surface area contributed by atoms with Gasteiger partial charge in [-0.15, -0.1) is 0 Å². The van der Waals surface area contributed by atoms with Crippen LogP contribution in [0.4, 0.5) is 0 Å². The Bertz CT molecular complexity index is 693. The number of ether oxygens (including phenoxy) is 2. The van der Waals surface area contributed by atoms with Crippen molar-refractivity contribution in [2.75, 3.05) is 0 Å². The SMILES string of the molecule is CC(C)OC(=O)CCCC1OC1C[C@@H]1[C@@H](CC[C@@H](O)CCc2ccccc2)[C@H](O)C[C@@H]1O. The average Bonchev–Trinajstić information content (AvgIpc) is 3.42. The van der Waals surface area contributed by atoms with Crippen LogP contribution in [-0.4, -0.2) is 57.9 Å². The molecule has 1 aliphatic heterocycles. The van der Waals surface area contributed by atoms with Gasteiger partial charge in [0.25, 0.3) is 0 Å². The molecule has 6 nitrogen and oxygen atoms in total. The van der Waals surface area contributed by atoms with E-state index in [0.717, 1.165) is 25.7 Å². The summed E-state index contributed by atoms with van der Waals surface area (Å²) in [7, 11) is 0. The van der Waals surface area contributed by atoms with E-state index >= 15 is 0 Å². The Balaban J connectivity index is 1.37. The molecule has 1 saturated carbocycles. The van der Waals surface area contributed by atoms with E-state index in [4.69, 9.17) is 9.47 Å². The van der Waals surface area contributed by atoms with Crippen LogP contribution in [0, 0.1) is 11.8 Å². The maximum absolute atomic E-state index is 11.6. The second kappa shape index (κ2) is 12.1. The van der Waals surface area contributed by atoms with Gasteiger partial charge in [-0.1, -0.05) is 30.3 Å². The Hall–Kier alpha value is -1.47. The molecule has 0 radical (unpaired) electrons. The summed E-state index contributed by atoms with van der Waals surface area (Å²) in [5.74, 6) is -0.188. The van der Waals surface area contributed by atoms with E-state index in [9.17, 15) is 20.1 Å². The summed E-state index contributed by atoms with van der Waals surface area (Å²) in [4.78, 5) is 11.6. The van der Waals surface area contributed by atoms with E-state index in [-0.39, 0.29) is 36.1 Å². The number of epoxide rings is 1. The molecule has 2 unspecified atom stereocenters. The lowest BCUT2D eigenvalue weighted by molar-refractivity contribution is -0.147. The molecule has 1 aromatic rings. The maximum Gasteiger partial charge on any atom is 0.306 e. The minimum atomic E-state index is -0.528. The lowest BCUT2D eigenvalue weighted by Crippen LogP contribution is -2.25. The molecular formula is C26H40O6. The molecule has 6 heteroatoms. The van der Waals surface area contributed by atoms with Crippen molar-refractivity contribution in [2.24, 2.45) is 11.8 Å². The van der Waals surface area contributed by atoms with Crippen LogP contribution in [0.2, 0.25) is 0 Å². The Morgan fingerprint density at radius 3 is 2.50 bits per heavy atom. The van der Waals surface area contributed by atoms with Gasteiger partial charge in [0.15, 0.2) is 0 Å². The monoisotopic (exact) mass is 448 g/mol. The maximum atomic E-state index is 11.6. The molecule has 180 valence electrons. The van der Waals surface area contributed by atoms with Crippen LogP contribution in [0.25, 0.3) is 0 Å². The van der Waals surface area contributed by atoms with E-state index in [1.807, 2.05) is 32.0 Å². The first-order valence-corrected chi connectivity index (χ1v) is 12.3. The summed E-state index contributed by atoms with van der Waals surface area (Å²) in [5, 5.41) is 31.4. The zero-order chi connectivity index (χ0) is 23.1. The topological polar surface area (TPSA) is 99.5 Å². The smallest absolute Gasteiger partial charge is 0.306 e. The molecule has 0 spiro atoms. The van der Waals surface area contributed by atoms with Crippen molar-refractivity contribution >= 4 is 5.97 Å². The minimum Gasteiger partial charge on any atom is -0.463 e. The van der Waals surface area contributed by atoms with E-state index in [0.29, 0.717) is 32.1 Å².